The van der Waals surface area contributed by atoms with Crippen LogP contribution in [0.5, 0.6) is 0 Å². The molecule has 0 bridgehead atoms. The van der Waals surface area contributed by atoms with Crippen LogP contribution >= 0.6 is 11.6 Å². The summed E-state index contributed by atoms with van der Waals surface area (Å²) in [6, 6.07) is 7.47. The quantitative estimate of drug-likeness (QED) is 0.805. The summed E-state index contributed by atoms with van der Waals surface area (Å²) in [5.41, 5.74) is 0.914. The Bertz CT molecular complexity index is 560. The summed E-state index contributed by atoms with van der Waals surface area (Å²) in [5.74, 6) is 0.0578. The molecule has 3 nitrogen and oxygen atoms in total. The van der Waals surface area contributed by atoms with Crippen LogP contribution in [0.4, 0.5) is 0 Å². The maximum Gasteiger partial charge on any atom is 0.244 e. The second kappa shape index (κ2) is 4.41. The minimum absolute atomic E-state index is 0.0578. The molecule has 0 radical (unpaired) electrons. The molecule has 1 aromatic carbocycles. The first kappa shape index (κ1) is 12.0. The number of fused-ring (bicyclic) bond motifs is 1. The summed E-state index contributed by atoms with van der Waals surface area (Å²) < 4.78 is 1.92. The predicted molar refractivity (Wildman–Crippen MR) is 70.4 cm³/mol. The van der Waals surface area contributed by atoms with Crippen molar-refractivity contribution in [2.45, 2.75) is 13.0 Å². The van der Waals surface area contributed by atoms with Crippen LogP contribution < -0.4 is 0 Å². The Morgan fingerprint density at radius 1 is 1.35 bits per heavy atom. The van der Waals surface area contributed by atoms with Gasteiger partial charge in [0.1, 0.15) is 6.04 Å². The zero-order chi connectivity index (χ0) is 12.6. The minimum Gasteiger partial charge on any atom is -0.347 e. The van der Waals surface area contributed by atoms with E-state index in [1.807, 2.05) is 42.0 Å². The SMILES string of the molecule is CC(C(=O)N(C)C)n1ccc2cccc(Cl)c21. The zero-order valence-electron chi connectivity index (χ0n) is 10.1. The minimum atomic E-state index is -0.248. The summed E-state index contributed by atoms with van der Waals surface area (Å²) in [5, 5.41) is 1.72. The maximum absolute atomic E-state index is 12.0. The van der Waals surface area contributed by atoms with E-state index in [0.29, 0.717) is 5.02 Å². The molecular formula is C13H15ClN2O. The number of rotatable bonds is 2. The van der Waals surface area contributed by atoms with Crippen molar-refractivity contribution in [3.05, 3.63) is 35.5 Å². The second-order valence-electron chi connectivity index (χ2n) is 4.31. The average Bonchev–Trinajstić information content (AvgIpc) is 2.72. The average molecular weight is 251 g/mol. The van der Waals surface area contributed by atoms with Gasteiger partial charge in [0.2, 0.25) is 5.91 Å². The summed E-state index contributed by atoms with van der Waals surface area (Å²) >= 11 is 6.19. The normalized spacial score (nSPS) is 12.7. The van der Waals surface area contributed by atoms with Crippen molar-refractivity contribution < 1.29 is 4.79 Å². The number of benzene rings is 1. The van der Waals surface area contributed by atoms with Crippen molar-refractivity contribution >= 4 is 28.4 Å². The molecule has 0 aliphatic carbocycles. The Labute approximate surface area is 106 Å². The third-order valence-corrected chi connectivity index (χ3v) is 3.21. The lowest BCUT2D eigenvalue weighted by Crippen LogP contribution is -2.29. The lowest BCUT2D eigenvalue weighted by Gasteiger charge is -2.19. The highest BCUT2D eigenvalue weighted by Crippen LogP contribution is 2.27. The van der Waals surface area contributed by atoms with Crippen molar-refractivity contribution in [1.82, 2.24) is 9.47 Å². The van der Waals surface area contributed by atoms with Crippen molar-refractivity contribution in [3.63, 3.8) is 0 Å². The fraction of sp³-hybridized carbons (Fsp3) is 0.308. The maximum atomic E-state index is 12.0. The third-order valence-electron chi connectivity index (χ3n) is 2.91. The fourth-order valence-electron chi connectivity index (χ4n) is 1.99. The van der Waals surface area contributed by atoms with Crippen LogP contribution in [-0.2, 0) is 4.79 Å². The van der Waals surface area contributed by atoms with Gasteiger partial charge in [-0.05, 0) is 19.1 Å². The number of hydrogen-bond donors (Lipinski definition) is 0. The largest absolute Gasteiger partial charge is 0.347 e. The number of carbonyl (C=O) groups excluding carboxylic acids is 1. The zero-order valence-corrected chi connectivity index (χ0v) is 10.9. The monoisotopic (exact) mass is 250 g/mol. The molecule has 0 N–H and O–H groups in total. The molecule has 1 atom stereocenters. The van der Waals surface area contributed by atoms with Crippen LogP contribution in [0, 0.1) is 0 Å². The van der Waals surface area contributed by atoms with Gasteiger partial charge in [0.05, 0.1) is 10.5 Å². The topological polar surface area (TPSA) is 25.2 Å². The number of hydrogen-bond acceptors (Lipinski definition) is 1. The van der Waals surface area contributed by atoms with E-state index in [1.165, 1.54) is 0 Å². The van der Waals surface area contributed by atoms with E-state index in [9.17, 15) is 4.79 Å². The van der Waals surface area contributed by atoms with Gasteiger partial charge in [0.15, 0.2) is 0 Å². The van der Waals surface area contributed by atoms with Gasteiger partial charge < -0.3 is 9.47 Å². The first-order valence-electron chi connectivity index (χ1n) is 5.48. The summed E-state index contributed by atoms with van der Waals surface area (Å²) in [6.07, 6.45) is 1.91. The number of aromatic nitrogens is 1. The van der Waals surface area contributed by atoms with E-state index in [1.54, 1.807) is 19.0 Å². The molecule has 4 heteroatoms. The lowest BCUT2D eigenvalue weighted by molar-refractivity contribution is -0.131. The van der Waals surface area contributed by atoms with Crippen LogP contribution in [0.25, 0.3) is 10.9 Å². The van der Waals surface area contributed by atoms with E-state index >= 15 is 0 Å². The Morgan fingerprint density at radius 3 is 2.71 bits per heavy atom. The van der Waals surface area contributed by atoms with Crippen LogP contribution in [0.15, 0.2) is 30.5 Å². The van der Waals surface area contributed by atoms with Crippen LogP contribution in [0.1, 0.15) is 13.0 Å². The van der Waals surface area contributed by atoms with Gasteiger partial charge in [-0.15, -0.1) is 0 Å². The Balaban J connectivity index is 2.53. The van der Waals surface area contributed by atoms with E-state index in [-0.39, 0.29) is 11.9 Å². The predicted octanol–water partition coefficient (Wildman–Crippen LogP) is 2.94. The molecule has 1 amide bonds. The smallest absolute Gasteiger partial charge is 0.244 e. The molecule has 17 heavy (non-hydrogen) atoms. The number of carbonyl (C=O) groups is 1. The molecule has 0 spiro atoms. The van der Waals surface area contributed by atoms with Gasteiger partial charge in [-0.1, -0.05) is 23.7 Å². The van der Waals surface area contributed by atoms with E-state index in [0.717, 1.165) is 10.9 Å². The molecular weight excluding hydrogens is 236 g/mol. The van der Waals surface area contributed by atoms with Crippen LogP contribution in [0.3, 0.4) is 0 Å². The van der Waals surface area contributed by atoms with Gasteiger partial charge in [0.25, 0.3) is 0 Å². The van der Waals surface area contributed by atoms with E-state index in [4.69, 9.17) is 11.6 Å². The van der Waals surface area contributed by atoms with E-state index < -0.39 is 0 Å². The van der Waals surface area contributed by atoms with Crippen molar-refractivity contribution in [2.75, 3.05) is 14.1 Å². The van der Waals surface area contributed by atoms with Gasteiger partial charge in [-0.3, -0.25) is 4.79 Å². The molecule has 90 valence electrons. The molecule has 0 fully saturated rings. The van der Waals surface area contributed by atoms with Gasteiger partial charge >= 0.3 is 0 Å². The molecule has 0 aliphatic rings. The highest BCUT2D eigenvalue weighted by molar-refractivity contribution is 6.35. The molecule has 0 aliphatic heterocycles. The van der Waals surface area contributed by atoms with Gasteiger partial charge in [-0.25, -0.2) is 0 Å². The number of nitrogens with zero attached hydrogens (tertiary/aromatic N) is 2. The lowest BCUT2D eigenvalue weighted by atomic mass is 10.2. The molecule has 0 saturated heterocycles. The third kappa shape index (κ3) is 2.03. The number of halogens is 1. The van der Waals surface area contributed by atoms with Crippen molar-refractivity contribution in [1.29, 1.82) is 0 Å². The molecule has 2 rings (SSSR count). The first-order chi connectivity index (χ1) is 8.02. The van der Waals surface area contributed by atoms with Crippen molar-refractivity contribution in [2.24, 2.45) is 0 Å². The Morgan fingerprint density at radius 2 is 2.06 bits per heavy atom. The van der Waals surface area contributed by atoms with Gasteiger partial charge in [-0.2, -0.15) is 0 Å². The van der Waals surface area contributed by atoms with E-state index in [2.05, 4.69) is 0 Å². The Kier molecular flexibility index (Phi) is 3.11. The molecule has 1 unspecified atom stereocenters. The summed E-state index contributed by atoms with van der Waals surface area (Å²) in [7, 11) is 3.51. The first-order valence-corrected chi connectivity index (χ1v) is 5.86. The molecule has 0 saturated carbocycles. The molecule has 2 aromatic rings. The number of para-hydroxylation sites is 1. The highest BCUT2D eigenvalue weighted by Gasteiger charge is 2.18. The van der Waals surface area contributed by atoms with Crippen LogP contribution in [0.2, 0.25) is 5.02 Å². The van der Waals surface area contributed by atoms with Crippen molar-refractivity contribution in [3.8, 4) is 0 Å². The molecule has 1 aromatic heterocycles. The Hall–Kier alpha value is -1.48. The fourth-order valence-corrected chi connectivity index (χ4v) is 2.27. The van der Waals surface area contributed by atoms with Crippen LogP contribution in [-0.4, -0.2) is 29.5 Å². The second-order valence-corrected chi connectivity index (χ2v) is 4.72. The highest BCUT2D eigenvalue weighted by atomic mass is 35.5. The molecule has 1 heterocycles. The number of likely N-dealkylation sites (N-methyl/N-ethyl adjacent to an activating group) is 1. The summed E-state index contributed by atoms with van der Waals surface area (Å²) in [4.78, 5) is 13.5. The number of amides is 1. The standard InChI is InChI=1S/C13H15ClN2O/c1-9(13(17)15(2)3)16-8-7-10-5-4-6-11(14)12(10)16/h4-9H,1-3H3. The van der Waals surface area contributed by atoms with Gasteiger partial charge in [0, 0.05) is 25.7 Å². The summed E-state index contributed by atoms with van der Waals surface area (Å²) in [6.45, 7) is 1.88.